The van der Waals surface area contributed by atoms with Crippen LogP contribution in [-0.4, -0.2) is 11.1 Å². The normalized spacial score (nSPS) is 32.5. The molecule has 1 radical (unpaired) electrons. The molecule has 0 spiro atoms. The lowest BCUT2D eigenvalue weighted by Crippen LogP contribution is -2.17. The summed E-state index contributed by atoms with van der Waals surface area (Å²) in [5, 5.41) is 8.69. The van der Waals surface area contributed by atoms with Crippen molar-refractivity contribution in [3.8, 4) is 0 Å². The van der Waals surface area contributed by atoms with Crippen molar-refractivity contribution in [2.45, 2.75) is 25.7 Å². The maximum absolute atomic E-state index is 10.5. The van der Waals surface area contributed by atoms with Gasteiger partial charge in [-0.15, -0.1) is 0 Å². The number of hydrogen-bond donors (Lipinski definition) is 1. The lowest BCUT2D eigenvalue weighted by atomic mass is 9.94. The summed E-state index contributed by atoms with van der Waals surface area (Å²) in [7, 11) is 0. The van der Waals surface area contributed by atoms with E-state index in [1.165, 1.54) is 0 Å². The molecule has 57 valence electrons. The van der Waals surface area contributed by atoms with E-state index in [0.29, 0.717) is 5.92 Å². The predicted octanol–water partition coefficient (Wildman–Crippen LogP) is 1.71. The molecule has 2 unspecified atom stereocenters. The van der Waals surface area contributed by atoms with Gasteiger partial charge in [-0.3, -0.25) is 4.79 Å². The molecular weight excluding hydrogens is 128 g/mol. The van der Waals surface area contributed by atoms with Gasteiger partial charge in [0.25, 0.3) is 0 Å². The quantitative estimate of drug-likeness (QED) is 0.635. The molecule has 1 fully saturated rings. The molecule has 2 heteroatoms. The third-order valence-electron chi connectivity index (χ3n) is 2.35. The number of carboxylic acid groups (broad SMARTS) is 1. The van der Waals surface area contributed by atoms with Gasteiger partial charge in [0.05, 0.1) is 5.92 Å². The first-order valence-electron chi connectivity index (χ1n) is 3.77. The Balaban J connectivity index is 2.50. The Kier molecular flexibility index (Phi) is 2.30. The summed E-state index contributed by atoms with van der Waals surface area (Å²) in [6, 6.07) is 0. The van der Waals surface area contributed by atoms with Gasteiger partial charge in [-0.2, -0.15) is 0 Å². The molecule has 0 heterocycles. The fourth-order valence-corrected chi connectivity index (χ4v) is 1.71. The van der Waals surface area contributed by atoms with Gasteiger partial charge in [0.2, 0.25) is 0 Å². The summed E-state index contributed by atoms with van der Waals surface area (Å²) < 4.78 is 0. The highest BCUT2D eigenvalue weighted by Crippen LogP contribution is 2.33. The molecule has 0 saturated heterocycles. The molecule has 0 bridgehead atoms. The average Bonchev–Trinajstić information content (AvgIpc) is 2.33. The zero-order valence-corrected chi connectivity index (χ0v) is 6.05. The van der Waals surface area contributed by atoms with Gasteiger partial charge < -0.3 is 5.11 Å². The maximum atomic E-state index is 10.5. The van der Waals surface area contributed by atoms with Crippen molar-refractivity contribution in [2.24, 2.45) is 11.8 Å². The van der Waals surface area contributed by atoms with E-state index in [9.17, 15) is 4.79 Å². The van der Waals surface area contributed by atoms with E-state index in [1.807, 2.05) is 0 Å². The minimum absolute atomic E-state index is 0.0995. The molecule has 0 aromatic rings. The predicted molar refractivity (Wildman–Crippen MR) is 38.4 cm³/mol. The average molecular weight is 141 g/mol. The van der Waals surface area contributed by atoms with Crippen molar-refractivity contribution in [3.63, 3.8) is 0 Å². The molecule has 1 aliphatic carbocycles. The summed E-state index contributed by atoms with van der Waals surface area (Å²) in [5.41, 5.74) is 0. The van der Waals surface area contributed by atoms with Crippen LogP contribution < -0.4 is 0 Å². The van der Waals surface area contributed by atoms with E-state index < -0.39 is 5.97 Å². The summed E-state index contributed by atoms with van der Waals surface area (Å²) in [6.45, 7) is 3.74. The molecule has 0 amide bonds. The van der Waals surface area contributed by atoms with E-state index in [1.54, 1.807) is 0 Å². The van der Waals surface area contributed by atoms with E-state index >= 15 is 0 Å². The number of aliphatic carboxylic acids is 1. The molecule has 1 saturated carbocycles. The molecule has 1 rings (SSSR count). The lowest BCUT2D eigenvalue weighted by molar-refractivity contribution is -0.142. The zero-order valence-electron chi connectivity index (χ0n) is 6.05. The van der Waals surface area contributed by atoms with Crippen molar-refractivity contribution in [2.75, 3.05) is 0 Å². The Bertz CT molecular complexity index is 131. The van der Waals surface area contributed by atoms with Crippen LogP contribution in [0.4, 0.5) is 0 Å². The zero-order chi connectivity index (χ0) is 7.56. The third kappa shape index (κ3) is 1.31. The minimum atomic E-state index is -0.633. The highest BCUT2D eigenvalue weighted by atomic mass is 16.4. The first-order valence-corrected chi connectivity index (χ1v) is 3.77. The van der Waals surface area contributed by atoms with Crippen LogP contribution in [0.3, 0.4) is 0 Å². The third-order valence-corrected chi connectivity index (χ3v) is 2.35. The van der Waals surface area contributed by atoms with Gasteiger partial charge in [-0.25, -0.2) is 0 Å². The van der Waals surface area contributed by atoms with Gasteiger partial charge in [0.15, 0.2) is 0 Å². The Labute approximate surface area is 61.2 Å². The second kappa shape index (κ2) is 3.04. The smallest absolute Gasteiger partial charge is 0.306 e. The minimum Gasteiger partial charge on any atom is -0.481 e. The molecular formula is C8H13O2. The molecule has 1 N–H and O–H groups in total. The fraction of sp³-hybridized carbons (Fsp3) is 0.750. The first-order chi connectivity index (χ1) is 4.75. The van der Waals surface area contributed by atoms with Crippen LogP contribution in [0.2, 0.25) is 0 Å². The Hall–Kier alpha value is -0.530. The number of carboxylic acids is 1. The topological polar surface area (TPSA) is 37.3 Å². The van der Waals surface area contributed by atoms with Crippen LogP contribution in [-0.2, 0) is 4.79 Å². The molecule has 0 aromatic heterocycles. The number of carbonyl (C=O) groups is 1. The number of hydrogen-bond acceptors (Lipinski definition) is 1. The van der Waals surface area contributed by atoms with Crippen LogP contribution in [0.1, 0.15) is 25.7 Å². The van der Waals surface area contributed by atoms with Crippen molar-refractivity contribution < 1.29 is 9.90 Å². The van der Waals surface area contributed by atoms with Crippen LogP contribution >= 0.6 is 0 Å². The Morgan fingerprint density at radius 1 is 1.60 bits per heavy atom. The number of rotatable bonds is 2. The van der Waals surface area contributed by atoms with Crippen LogP contribution in [0.15, 0.2) is 0 Å². The van der Waals surface area contributed by atoms with Gasteiger partial charge in [0.1, 0.15) is 0 Å². The van der Waals surface area contributed by atoms with Crippen molar-refractivity contribution in [1.82, 2.24) is 0 Å². The van der Waals surface area contributed by atoms with Crippen LogP contribution in [0, 0.1) is 18.8 Å². The summed E-state index contributed by atoms with van der Waals surface area (Å²) in [6.07, 6.45) is 3.75. The van der Waals surface area contributed by atoms with Crippen molar-refractivity contribution >= 4 is 5.97 Å². The van der Waals surface area contributed by atoms with Crippen LogP contribution in [0.25, 0.3) is 0 Å². The lowest BCUT2D eigenvalue weighted by Gasteiger charge is -2.11. The van der Waals surface area contributed by atoms with Gasteiger partial charge >= 0.3 is 5.97 Å². The maximum Gasteiger partial charge on any atom is 0.306 e. The second-order valence-corrected chi connectivity index (χ2v) is 2.92. The molecule has 2 nitrogen and oxygen atoms in total. The highest BCUT2D eigenvalue weighted by Gasteiger charge is 2.30. The second-order valence-electron chi connectivity index (χ2n) is 2.92. The molecule has 0 aliphatic heterocycles. The van der Waals surface area contributed by atoms with E-state index in [4.69, 9.17) is 5.11 Å². The summed E-state index contributed by atoms with van der Waals surface area (Å²) >= 11 is 0. The summed E-state index contributed by atoms with van der Waals surface area (Å²) in [5.74, 6) is -0.388. The van der Waals surface area contributed by atoms with E-state index in [2.05, 4.69) is 6.92 Å². The largest absolute Gasteiger partial charge is 0.481 e. The standard InChI is InChI=1S/C8H13O2/c1-2-6-4-3-5-7(6)8(9)10/h6-7H,1-5H2,(H,9,10). The first kappa shape index (κ1) is 7.58. The van der Waals surface area contributed by atoms with Crippen molar-refractivity contribution in [3.05, 3.63) is 6.92 Å². The molecule has 1 aliphatic rings. The van der Waals surface area contributed by atoms with Gasteiger partial charge in [0, 0.05) is 0 Å². The van der Waals surface area contributed by atoms with Crippen LogP contribution in [0.5, 0.6) is 0 Å². The fourth-order valence-electron chi connectivity index (χ4n) is 1.71. The monoisotopic (exact) mass is 141 g/mol. The van der Waals surface area contributed by atoms with Gasteiger partial charge in [-0.1, -0.05) is 13.3 Å². The van der Waals surface area contributed by atoms with E-state index in [0.717, 1.165) is 25.7 Å². The molecule has 10 heavy (non-hydrogen) atoms. The molecule has 2 atom stereocenters. The highest BCUT2D eigenvalue weighted by molar-refractivity contribution is 5.70. The van der Waals surface area contributed by atoms with Gasteiger partial charge in [-0.05, 0) is 25.2 Å². The SMILES string of the molecule is [CH2]CC1CCCC1C(=O)O. The Morgan fingerprint density at radius 3 is 2.70 bits per heavy atom. The Morgan fingerprint density at radius 2 is 2.30 bits per heavy atom. The van der Waals surface area contributed by atoms with E-state index in [-0.39, 0.29) is 5.92 Å². The van der Waals surface area contributed by atoms with Crippen molar-refractivity contribution in [1.29, 1.82) is 0 Å². The molecule has 0 aromatic carbocycles. The summed E-state index contributed by atoms with van der Waals surface area (Å²) in [4.78, 5) is 10.5.